The van der Waals surface area contributed by atoms with Crippen LogP contribution in [-0.2, 0) is 26.0 Å². The van der Waals surface area contributed by atoms with Crippen LogP contribution in [0.2, 0.25) is 0 Å². The second-order valence-corrected chi connectivity index (χ2v) is 7.16. The topological polar surface area (TPSA) is 135 Å². The van der Waals surface area contributed by atoms with Gasteiger partial charge in [-0.1, -0.05) is 6.92 Å². The summed E-state index contributed by atoms with van der Waals surface area (Å²) in [4.78, 5) is 23.1. The Morgan fingerprint density at radius 2 is 2.00 bits per heavy atom. The highest BCUT2D eigenvalue weighted by molar-refractivity contribution is 7.89. The molecule has 1 saturated heterocycles. The summed E-state index contributed by atoms with van der Waals surface area (Å²) < 4.78 is 31.4. The van der Waals surface area contributed by atoms with Gasteiger partial charge in [-0.25, -0.2) is 13.2 Å². The minimum absolute atomic E-state index is 0.0629. The Balaban J connectivity index is 2.32. The molecule has 0 bridgehead atoms. The van der Waals surface area contributed by atoms with Gasteiger partial charge in [0.15, 0.2) is 0 Å². The normalized spacial score (nSPS) is 17.1. The van der Waals surface area contributed by atoms with Crippen LogP contribution >= 0.6 is 0 Å². The number of sulfonamides is 1. The van der Waals surface area contributed by atoms with Crippen molar-refractivity contribution in [2.75, 3.05) is 20.2 Å². The van der Waals surface area contributed by atoms with Crippen molar-refractivity contribution in [1.82, 2.24) is 14.5 Å². The molecule has 0 spiro atoms. The smallest absolute Gasteiger partial charge is 0.342 e. The molecule has 3 N–H and O–H groups in total. The number of hydrogen-bond donors (Lipinski definition) is 2. The van der Waals surface area contributed by atoms with E-state index in [1.54, 1.807) is 6.92 Å². The molecule has 0 aliphatic carbocycles. The zero-order valence-electron chi connectivity index (χ0n) is 13.0. The lowest BCUT2D eigenvalue weighted by atomic mass is 9.98. The predicted molar refractivity (Wildman–Crippen MR) is 80.0 cm³/mol. The van der Waals surface area contributed by atoms with Crippen LogP contribution in [-0.4, -0.2) is 55.0 Å². The van der Waals surface area contributed by atoms with Gasteiger partial charge in [-0.15, -0.1) is 0 Å². The Morgan fingerprint density at radius 3 is 2.48 bits per heavy atom. The summed E-state index contributed by atoms with van der Waals surface area (Å²) >= 11 is 0. The van der Waals surface area contributed by atoms with Gasteiger partial charge in [-0.2, -0.15) is 9.40 Å². The molecule has 128 valence electrons. The number of primary amides is 1. The molecule has 1 aliphatic rings. The molecule has 23 heavy (non-hydrogen) atoms. The first kappa shape index (κ1) is 17.4. The molecule has 1 aromatic rings. The summed E-state index contributed by atoms with van der Waals surface area (Å²) in [5.41, 5.74) is 5.59. The van der Waals surface area contributed by atoms with Crippen molar-refractivity contribution >= 4 is 21.9 Å². The number of ether oxygens (including phenoxy) is 1. The lowest BCUT2D eigenvalue weighted by Gasteiger charge is -2.29. The fourth-order valence-electron chi connectivity index (χ4n) is 2.62. The number of nitrogens with one attached hydrogen (secondary N) is 1. The highest BCUT2D eigenvalue weighted by atomic mass is 32.2. The number of hydrogen-bond acceptors (Lipinski definition) is 6. The number of carbonyl (C=O) groups excluding carboxylic acids is 2. The Morgan fingerprint density at radius 1 is 1.39 bits per heavy atom. The number of rotatable bonds is 5. The molecule has 1 fully saturated rings. The number of methoxy groups -OCH3 is 1. The summed E-state index contributed by atoms with van der Waals surface area (Å²) in [7, 11) is -2.76. The average Bonchev–Trinajstić information content (AvgIpc) is 2.98. The van der Waals surface area contributed by atoms with Crippen LogP contribution in [0, 0.1) is 5.92 Å². The van der Waals surface area contributed by atoms with Gasteiger partial charge >= 0.3 is 5.97 Å². The Bertz CT molecular complexity index is 704. The number of piperidine rings is 1. The molecular weight excluding hydrogens is 324 g/mol. The lowest BCUT2D eigenvalue weighted by molar-refractivity contribution is -0.122. The molecular formula is C13H20N4O5S. The van der Waals surface area contributed by atoms with Crippen LogP contribution in [0.25, 0.3) is 0 Å². The summed E-state index contributed by atoms with van der Waals surface area (Å²) in [5, 5.41) is 6.06. The minimum Gasteiger partial charge on any atom is -0.465 e. The molecule has 0 unspecified atom stereocenters. The van der Waals surface area contributed by atoms with Gasteiger partial charge in [0.05, 0.1) is 12.8 Å². The summed E-state index contributed by atoms with van der Waals surface area (Å²) in [6.07, 6.45) is 1.12. The van der Waals surface area contributed by atoms with E-state index in [2.05, 4.69) is 14.9 Å². The molecule has 0 saturated carbocycles. The van der Waals surface area contributed by atoms with Crippen molar-refractivity contribution in [1.29, 1.82) is 0 Å². The maximum atomic E-state index is 12.8. The molecule has 0 atom stereocenters. The molecule has 10 heteroatoms. The van der Waals surface area contributed by atoms with E-state index in [0.717, 1.165) is 0 Å². The highest BCUT2D eigenvalue weighted by Crippen LogP contribution is 2.26. The second kappa shape index (κ2) is 6.67. The van der Waals surface area contributed by atoms with Gasteiger partial charge in [-0.3, -0.25) is 9.89 Å². The standard InChI is InChI=1S/C13H20N4O5S/c1-3-9-10(13(19)22-2)12(16-15-9)23(20,21)17-6-4-8(5-7-17)11(14)18/h8H,3-7H2,1-2H3,(H2,14,18)(H,15,16). The summed E-state index contributed by atoms with van der Waals surface area (Å²) in [6, 6.07) is 0. The van der Waals surface area contributed by atoms with Gasteiger partial charge in [0.25, 0.3) is 10.0 Å². The zero-order valence-corrected chi connectivity index (χ0v) is 13.9. The molecule has 1 amide bonds. The number of esters is 1. The zero-order chi connectivity index (χ0) is 17.2. The first-order valence-corrected chi connectivity index (χ1v) is 8.71. The Kier molecular flexibility index (Phi) is 5.05. The van der Waals surface area contributed by atoms with E-state index in [1.165, 1.54) is 11.4 Å². The first-order chi connectivity index (χ1) is 10.8. The number of aryl methyl sites for hydroxylation is 1. The van der Waals surface area contributed by atoms with Crippen LogP contribution < -0.4 is 5.73 Å². The third kappa shape index (κ3) is 3.22. The van der Waals surface area contributed by atoms with Crippen LogP contribution in [0.4, 0.5) is 0 Å². The average molecular weight is 344 g/mol. The van der Waals surface area contributed by atoms with Crippen LogP contribution in [0.3, 0.4) is 0 Å². The largest absolute Gasteiger partial charge is 0.465 e. The maximum Gasteiger partial charge on any atom is 0.342 e. The van der Waals surface area contributed by atoms with E-state index >= 15 is 0 Å². The summed E-state index contributed by atoms with van der Waals surface area (Å²) in [6.45, 7) is 2.09. The lowest BCUT2D eigenvalue weighted by Crippen LogP contribution is -2.42. The van der Waals surface area contributed by atoms with E-state index in [0.29, 0.717) is 25.0 Å². The number of carbonyl (C=O) groups is 2. The first-order valence-electron chi connectivity index (χ1n) is 7.27. The minimum atomic E-state index is -3.95. The van der Waals surface area contributed by atoms with Gasteiger partial charge in [-0.05, 0) is 19.3 Å². The van der Waals surface area contributed by atoms with E-state index in [1.807, 2.05) is 0 Å². The third-order valence-corrected chi connectivity index (χ3v) is 5.82. The fourth-order valence-corrected chi connectivity index (χ4v) is 4.18. The van der Waals surface area contributed by atoms with Crippen molar-refractivity contribution in [3.63, 3.8) is 0 Å². The predicted octanol–water partition coefficient (Wildman–Crippen LogP) is -0.355. The van der Waals surface area contributed by atoms with Gasteiger partial charge in [0, 0.05) is 19.0 Å². The van der Waals surface area contributed by atoms with Crippen molar-refractivity contribution in [3.8, 4) is 0 Å². The van der Waals surface area contributed by atoms with Crippen LogP contribution in [0.15, 0.2) is 5.03 Å². The van der Waals surface area contributed by atoms with E-state index < -0.39 is 21.9 Å². The number of aromatic nitrogens is 2. The molecule has 2 heterocycles. The third-order valence-electron chi connectivity index (χ3n) is 3.99. The molecule has 9 nitrogen and oxygen atoms in total. The molecule has 1 aromatic heterocycles. The van der Waals surface area contributed by atoms with Gasteiger partial charge in [0.2, 0.25) is 10.9 Å². The molecule has 1 aliphatic heterocycles. The fraction of sp³-hybridized carbons (Fsp3) is 0.615. The van der Waals surface area contributed by atoms with Crippen LogP contribution in [0.5, 0.6) is 0 Å². The Hall–Kier alpha value is -1.94. The van der Waals surface area contributed by atoms with Crippen molar-refractivity contribution in [2.45, 2.75) is 31.2 Å². The highest BCUT2D eigenvalue weighted by Gasteiger charge is 2.37. The number of nitrogens with zero attached hydrogens (tertiary/aromatic N) is 2. The quantitative estimate of drug-likeness (QED) is 0.701. The van der Waals surface area contributed by atoms with Crippen molar-refractivity contribution in [3.05, 3.63) is 11.3 Å². The van der Waals surface area contributed by atoms with Crippen molar-refractivity contribution in [2.24, 2.45) is 11.7 Å². The van der Waals surface area contributed by atoms with Crippen LogP contribution in [0.1, 0.15) is 35.8 Å². The summed E-state index contributed by atoms with van der Waals surface area (Å²) in [5.74, 6) is -1.50. The molecule has 0 radical (unpaired) electrons. The van der Waals surface area contributed by atoms with Gasteiger partial charge < -0.3 is 10.5 Å². The van der Waals surface area contributed by atoms with Gasteiger partial charge in [0.1, 0.15) is 5.56 Å². The second-order valence-electron chi connectivity index (χ2n) is 5.31. The SMILES string of the molecule is CCc1[nH]nc(S(=O)(=O)N2CCC(C(N)=O)CC2)c1C(=O)OC. The van der Waals surface area contributed by atoms with E-state index in [4.69, 9.17) is 5.73 Å². The molecule has 0 aromatic carbocycles. The van der Waals surface area contributed by atoms with Crippen molar-refractivity contribution < 1.29 is 22.7 Å². The number of aromatic amines is 1. The maximum absolute atomic E-state index is 12.8. The van der Waals surface area contributed by atoms with E-state index in [-0.39, 0.29) is 29.6 Å². The number of H-pyrrole nitrogens is 1. The monoisotopic (exact) mass is 344 g/mol. The molecule has 2 rings (SSSR count). The Labute approximate surface area is 134 Å². The number of amides is 1. The van der Waals surface area contributed by atoms with E-state index in [9.17, 15) is 18.0 Å². The number of nitrogens with two attached hydrogens (primary N) is 1.